The van der Waals surface area contributed by atoms with Crippen LogP contribution in [-0.2, 0) is 7.05 Å². The molecule has 0 N–H and O–H groups in total. The molecule has 0 bridgehead atoms. The van der Waals surface area contributed by atoms with Gasteiger partial charge < -0.3 is 9.30 Å². The summed E-state index contributed by atoms with van der Waals surface area (Å²) < 4.78 is 7.47. The fourth-order valence-electron chi connectivity index (χ4n) is 3.26. The molecule has 1 aromatic heterocycles. The fourth-order valence-corrected chi connectivity index (χ4v) is 3.26. The fraction of sp³-hybridized carbons (Fsp3) is 0.136. The number of aryl methyl sites for hydroxylation is 1. The highest BCUT2D eigenvalue weighted by atomic mass is 16.5. The van der Waals surface area contributed by atoms with Crippen LogP contribution in [0.15, 0.2) is 66.9 Å². The lowest BCUT2D eigenvalue weighted by Crippen LogP contribution is -1.96. The van der Waals surface area contributed by atoms with E-state index in [2.05, 4.69) is 78.1 Å². The number of fused-ring (bicyclic) bond motifs is 1. The van der Waals surface area contributed by atoms with Gasteiger partial charge in [0, 0.05) is 18.2 Å². The van der Waals surface area contributed by atoms with Gasteiger partial charge in [0.1, 0.15) is 11.6 Å². The minimum absolute atomic E-state index is 0.877. The molecule has 0 atom stereocenters. The molecule has 0 aliphatic carbocycles. The molecule has 1 heterocycles. The quantitative estimate of drug-likeness (QED) is 0.515. The minimum atomic E-state index is 0.877. The first-order valence-electron chi connectivity index (χ1n) is 8.33. The van der Waals surface area contributed by atoms with E-state index in [1.807, 2.05) is 12.3 Å². The van der Waals surface area contributed by atoms with E-state index in [0.717, 1.165) is 22.8 Å². The predicted octanol–water partition coefficient (Wildman–Crippen LogP) is 5.22. The van der Waals surface area contributed by atoms with Gasteiger partial charge in [0.05, 0.1) is 19.0 Å². The molecule has 0 amide bonds. The highest BCUT2D eigenvalue weighted by Crippen LogP contribution is 2.30. The average molecular weight is 328 g/mol. The monoisotopic (exact) mass is 328 g/mol. The van der Waals surface area contributed by atoms with E-state index >= 15 is 0 Å². The summed E-state index contributed by atoms with van der Waals surface area (Å²) in [7, 11) is 3.76. The van der Waals surface area contributed by atoms with Gasteiger partial charge in [-0.2, -0.15) is 0 Å². The summed E-state index contributed by atoms with van der Waals surface area (Å²) in [6.07, 6.45) is 1.95. The molecule has 124 valence electrons. The summed E-state index contributed by atoms with van der Waals surface area (Å²) >= 11 is 0. The highest BCUT2D eigenvalue weighted by molar-refractivity contribution is 5.88. The molecule has 0 saturated heterocycles. The number of hydrogen-bond acceptors (Lipinski definition) is 2. The van der Waals surface area contributed by atoms with Crippen molar-refractivity contribution in [1.29, 1.82) is 0 Å². The van der Waals surface area contributed by atoms with Gasteiger partial charge in [0.2, 0.25) is 0 Å². The van der Waals surface area contributed by atoms with Crippen LogP contribution < -0.4 is 4.74 Å². The van der Waals surface area contributed by atoms with Crippen LogP contribution in [-0.4, -0.2) is 16.7 Å². The number of methoxy groups -OCH3 is 1. The third-order valence-electron chi connectivity index (χ3n) is 4.72. The zero-order chi connectivity index (χ0) is 17.4. The summed E-state index contributed by atoms with van der Waals surface area (Å²) in [4.78, 5) is 4.67. The Morgan fingerprint density at radius 1 is 0.920 bits per heavy atom. The second kappa shape index (κ2) is 6.10. The van der Waals surface area contributed by atoms with Crippen LogP contribution in [0, 0.1) is 6.92 Å². The second-order valence-corrected chi connectivity index (χ2v) is 6.27. The first-order chi connectivity index (χ1) is 12.2. The summed E-state index contributed by atoms with van der Waals surface area (Å²) in [5, 5.41) is 2.36. The molecule has 3 aromatic carbocycles. The van der Waals surface area contributed by atoms with E-state index in [1.165, 1.54) is 21.9 Å². The lowest BCUT2D eigenvalue weighted by molar-refractivity contribution is 0.415. The van der Waals surface area contributed by atoms with Crippen molar-refractivity contribution in [2.45, 2.75) is 6.92 Å². The van der Waals surface area contributed by atoms with Crippen LogP contribution >= 0.6 is 0 Å². The van der Waals surface area contributed by atoms with Crippen LogP contribution in [0.25, 0.3) is 33.4 Å². The van der Waals surface area contributed by atoms with Crippen molar-refractivity contribution < 1.29 is 4.74 Å². The van der Waals surface area contributed by atoms with Crippen molar-refractivity contribution in [2.24, 2.45) is 7.05 Å². The highest BCUT2D eigenvalue weighted by Gasteiger charge is 2.12. The number of nitrogens with zero attached hydrogens (tertiary/aromatic N) is 2. The first kappa shape index (κ1) is 15.5. The standard InChI is InChI=1S/C22H20N2O/c1-15-6-4-5-7-20(15)22-23-14-21(24(22)2)18-9-8-17-13-19(25-3)11-10-16(17)12-18/h4-14H,1-3H3. The van der Waals surface area contributed by atoms with Gasteiger partial charge in [-0.3, -0.25) is 0 Å². The van der Waals surface area contributed by atoms with E-state index < -0.39 is 0 Å². The molecule has 0 fully saturated rings. The molecule has 0 unspecified atom stereocenters. The third kappa shape index (κ3) is 2.68. The molecule has 3 nitrogen and oxygen atoms in total. The molecular formula is C22H20N2O. The third-order valence-corrected chi connectivity index (χ3v) is 4.72. The Kier molecular flexibility index (Phi) is 3.77. The van der Waals surface area contributed by atoms with E-state index in [1.54, 1.807) is 7.11 Å². The van der Waals surface area contributed by atoms with Crippen LogP contribution in [0.1, 0.15) is 5.56 Å². The SMILES string of the molecule is COc1ccc2cc(-c3cnc(-c4ccccc4C)n3C)ccc2c1. The number of aromatic nitrogens is 2. The molecule has 3 heteroatoms. The number of ether oxygens (including phenoxy) is 1. The predicted molar refractivity (Wildman–Crippen MR) is 103 cm³/mol. The Bertz CT molecular complexity index is 1060. The molecule has 0 aliphatic heterocycles. The van der Waals surface area contributed by atoms with Crippen molar-refractivity contribution in [3.63, 3.8) is 0 Å². The Morgan fingerprint density at radius 2 is 1.68 bits per heavy atom. The minimum Gasteiger partial charge on any atom is -0.497 e. The van der Waals surface area contributed by atoms with Crippen molar-refractivity contribution >= 4 is 10.8 Å². The number of hydrogen-bond donors (Lipinski definition) is 0. The summed E-state index contributed by atoms with van der Waals surface area (Å²) in [6, 6.07) is 21.0. The van der Waals surface area contributed by atoms with Crippen LogP contribution in [0.2, 0.25) is 0 Å². The molecule has 0 radical (unpaired) electrons. The van der Waals surface area contributed by atoms with Gasteiger partial charge in [-0.15, -0.1) is 0 Å². The molecule has 25 heavy (non-hydrogen) atoms. The van der Waals surface area contributed by atoms with Crippen LogP contribution in [0.3, 0.4) is 0 Å². The maximum Gasteiger partial charge on any atom is 0.140 e. The maximum absolute atomic E-state index is 5.31. The van der Waals surface area contributed by atoms with Crippen molar-refractivity contribution in [1.82, 2.24) is 9.55 Å². The number of rotatable bonds is 3. The molecule has 4 aromatic rings. The van der Waals surface area contributed by atoms with E-state index in [0.29, 0.717) is 0 Å². The molecule has 0 spiro atoms. The second-order valence-electron chi connectivity index (χ2n) is 6.27. The number of imidazole rings is 1. The first-order valence-corrected chi connectivity index (χ1v) is 8.33. The largest absolute Gasteiger partial charge is 0.497 e. The lowest BCUT2D eigenvalue weighted by Gasteiger charge is -2.09. The number of benzene rings is 3. The topological polar surface area (TPSA) is 27.1 Å². The van der Waals surface area contributed by atoms with E-state index in [9.17, 15) is 0 Å². The van der Waals surface area contributed by atoms with Gasteiger partial charge in [0.15, 0.2) is 0 Å². The molecule has 0 aliphatic rings. The zero-order valence-electron chi connectivity index (χ0n) is 14.7. The lowest BCUT2D eigenvalue weighted by atomic mass is 10.0. The van der Waals surface area contributed by atoms with Crippen LogP contribution in [0.4, 0.5) is 0 Å². The van der Waals surface area contributed by atoms with Gasteiger partial charge in [-0.25, -0.2) is 4.98 Å². The zero-order valence-corrected chi connectivity index (χ0v) is 14.7. The summed E-state index contributed by atoms with van der Waals surface area (Å²) in [6.45, 7) is 2.12. The normalized spacial score (nSPS) is 11.0. The Morgan fingerprint density at radius 3 is 2.48 bits per heavy atom. The molecular weight excluding hydrogens is 308 g/mol. The average Bonchev–Trinajstić information content (AvgIpc) is 3.02. The van der Waals surface area contributed by atoms with E-state index in [-0.39, 0.29) is 0 Å². The van der Waals surface area contributed by atoms with Gasteiger partial charge in [0.25, 0.3) is 0 Å². The van der Waals surface area contributed by atoms with Crippen LogP contribution in [0.5, 0.6) is 5.75 Å². The molecule has 4 rings (SSSR count). The summed E-state index contributed by atoms with van der Waals surface area (Å²) in [5.74, 6) is 1.87. The van der Waals surface area contributed by atoms with Crippen molar-refractivity contribution in [3.05, 3.63) is 72.4 Å². The summed E-state index contributed by atoms with van der Waals surface area (Å²) in [5.41, 5.74) is 4.67. The smallest absolute Gasteiger partial charge is 0.140 e. The maximum atomic E-state index is 5.31. The molecule has 0 saturated carbocycles. The van der Waals surface area contributed by atoms with Gasteiger partial charge in [-0.05, 0) is 41.5 Å². The Labute approximate surface area is 147 Å². The van der Waals surface area contributed by atoms with Crippen molar-refractivity contribution in [2.75, 3.05) is 7.11 Å². The Hall–Kier alpha value is -3.07. The Balaban J connectivity index is 1.80. The van der Waals surface area contributed by atoms with E-state index in [4.69, 9.17) is 4.74 Å². The van der Waals surface area contributed by atoms with Gasteiger partial charge >= 0.3 is 0 Å². The van der Waals surface area contributed by atoms with Gasteiger partial charge in [-0.1, -0.05) is 42.5 Å². The van der Waals surface area contributed by atoms with Crippen molar-refractivity contribution in [3.8, 4) is 28.4 Å².